The van der Waals surface area contributed by atoms with Crippen molar-refractivity contribution in [2.45, 2.75) is 44.6 Å². The average Bonchev–Trinajstić information content (AvgIpc) is 3.00. The smallest absolute Gasteiger partial charge is 0.245 e. The molecule has 32 heavy (non-hydrogen) atoms. The third-order valence-electron chi connectivity index (χ3n) is 5.50. The second-order valence-corrected chi connectivity index (χ2v) is 12.0. The Morgan fingerprint density at radius 1 is 0.938 bits per heavy atom. The molecule has 0 spiro atoms. The number of nitrogens with zero attached hydrogens (tertiary/aromatic N) is 5. The monoisotopic (exact) mass is 478 g/mol. The van der Waals surface area contributed by atoms with Crippen LogP contribution in [0.4, 0.5) is 17.3 Å². The molecule has 1 fully saturated rings. The molecule has 12 heteroatoms. The summed E-state index contributed by atoms with van der Waals surface area (Å²) in [6.45, 7) is 0. The minimum atomic E-state index is -4.05. The summed E-state index contributed by atoms with van der Waals surface area (Å²) in [7, 11) is -8.10. The van der Waals surface area contributed by atoms with Crippen LogP contribution in [0.5, 0.6) is 0 Å². The van der Waals surface area contributed by atoms with Gasteiger partial charge in [0.05, 0.1) is 29.8 Å². The van der Waals surface area contributed by atoms with E-state index in [-0.39, 0.29) is 11.7 Å². The molecule has 3 aromatic rings. The molecule has 1 aliphatic carbocycles. The SMILES string of the molecule is CS(=O)(=O)N(c1cccc(N(c2ncc3cn[nH]c3n2)C2CCCCCC2)c1)S(C)(=O)=O. The van der Waals surface area contributed by atoms with Crippen molar-refractivity contribution in [2.24, 2.45) is 0 Å². The van der Waals surface area contributed by atoms with Crippen LogP contribution < -0.4 is 8.61 Å². The lowest BCUT2D eigenvalue weighted by Gasteiger charge is -2.32. The molecular weight excluding hydrogens is 452 g/mol. The number of hydrogen-bond acceptors (Lipinski definition) is 8. The Kier molecular flexibility index (Phi) is 6.08. The second-order valence-electron chi connectivity index (χ2n) is 8.10. The van der Waals surface area contributed by atoms with Gasteiger partial charge >= 0.3 is 0 Å². The van der Waals surface area contributed by atoms with Crippen molar-refractivity contribution >= 4 is 48.4 Å². The quantitative estimate of drug-likeness (QED) is 0.535. The van der Waals surface area contributed by atoms with Gasteiger partial charge < -0.3 is 4.90 Å². The molecule has 0 unspecified atom stereocenters. The zero-order valence-corrected chi connectivity index (χ0v) is 19.6. The summed E-state index contributed by atoms with van der Waals surface area (Å²) in [5, 5.41) is 7.64. The van der Waals surface area contributed by atoms with Crippen LogP contribution in [0.15, 0.2) is 36.7 Å². The lowest BCUT2D eigenvalue weighted by molar-refractivity contribution is 0.562. The first kappa shape index (κ1) is 22.5. The minimum absolute atomic E-state index is 0.0498. The molecule has 4 rings (SSSR count). The summed E-state index contributed by atoms with van der Waals surface area (Å²) in [5.41, 5.74) is 1.28. The van der Waals surface area contributed by atoms with E-state index in [4.69, 9.17) is 0 Å². The molecule has 0 saturated heterocycles. The summed E-state index contributed by atoms with van der Waals surface area (Å²) in [5.74, 6) is 0.455. The Morgan fingerprint density at radius 2 is 1.59 bits per heavy atom. The first-order chi connectivity index (χ1) is 15.1. The van der Waals surface area contributed by atoms with E-state index in [1.165, 1.54) is 6.07 Å². The Balaban J connectivity index is 1.85. The highest BCUT2D eigenvalue weighted by atomic mass is 32.3. The summed E-state index contributed by atoms with van der Waals surface area (Å²) in [6.07, 6.45) is 11.4. The summed E-state index contributed by atoms with van der Waals surface area (Å²) >= 11 is 0. The normalized spacial score (nSPS) is 16.1. The Morgan fingerprint density at radius 3 is 2.25 bits per heavy atom. The lowest BCUT2D eigenvalue weighted by Crippen LogP contribution is -2.36. The zero-order chi connectivity index (χ0) is 22.9. The molecule has 1 saturated carbocycles. The van der Waals surface area contributed by atoms with Crippen molar-refractivity contribution in [1.29, 1.82) is 0 Å². The molecule has 1 N–H and O–H groups in total. The van der Waals surface area contributed by atoms with Gasteiger partial charge in [0.15, 0.2) is 5.65 Å². The topological polar surface area (TPSA) is 129 Å². The first-order valence-electron chi connectivity index (χ1n) is 10.4. The van der Waals surface area contributed by atoms with Crippen LogP contribution >= 0.6 is 0 Å². The van der Waals surface area contributed by atoms with Crippen LogP contribution in [0.25, 0.3) is 11.0 Å². The molecule has 0 bridgehead atoms. The standard InChI is InChI=1S/C20H26N6O4S2/c1-31(27,28)26(32(2,29)30)18-11-7-10-17(12-18)25(16-8-5-3-4-6-9-16)20-21-13-15-14-22-24-19(15)23-20/h7,10-14,16H,3-6,8-9H2,1-2H3,(H,21,22,23,24). The number of fused-ring (bicyclic) bond motifs is 1. The third kappa shape index (κ3) is 4.70. The molecule has 0 radical (unpaired) electrons. The molecular formula is C20H26N6O4S2. The summed E-state index contributed by atoms with van der Waals surface area (Å²) in [6, 6.07) is 6.59. The van der Waals surface area contributed by atoms with E-state index < -0.39 is 20.0 Å². The second kappa shape index (κ2) is 8.66. The molecule has 0 aliphatic heterocycles. The van der Waals surface area contributed by atoms with Gasteiger partial charge in [-0.15, -0.1) is 0 Å². The van der Waals surface area contributed by atoms with Crippen molar-refractivity contribution in [3.63, 3.8) is 0 Å². The predicted octanol–water partition coefficient (Wildman–Crippen LogP) is 2.94. The largest absolute Gasteiger partial charge is 0.307 e. The number of aromatic nitrogens is 4. The molecule has 1 aromatic carbocycles. The highest BCUT2D eigenvalue weighted by Gasteiger charge is 2.30. The highest BCUT2D eigenvalue weighted by molar-refractivity contribution is 8.09. The third-order valence-corrected chi connectivity index (χ3v) is 8.76. The van der Waals surface area contributed by atoms with E-state index in [1.54, 1.807) is 24.5 Å². The number of sulfonamides is 2. The number of H-pyrrole nitrogens is 1. The Labute approximate surface area is 187 Å². The molecule has 2 aromatic heterocycles. The van der Waals surface area contributed by atoms with E-state index in [9.17, 15) is 16.8 Å². The van der Waals surface area contributed by atoms with Gasteiger partial charge in [-0.2, -0.15) is 13.8 Å². The van der Waals surface area contributed by atoms with Gasteiger partial charge in [-0.05, 0) is 31.0 Å². The highest BCUT2D eigenvalue weighted by Crippen LogP contribution is 2.35. The van der Waals surface area contributed by atoms with Crippen molar-refractivity contribution in [3.05, 3.63) is 36.7 Å². The maximum Gasteiger partial charge on any atom is 0.245 e. The van der Waals surface area contributed by atoms with Crippen LogP contribution in [0.3, 0.4) is 0 Å². The van der Waals surface area contributed by atoms with E-state index in [1.807, 2.05) is 11.0 Å². The Bertz CT molecular complexity index is 1280. The molecule has 1 aliphatic rings. The van der Waals surface area contributed by atoms with Gasteiger partial charge in [0.1, 0.15) is 0 Å². The first-order valence-corrected chi connectivity index (χ1v) is 14.1. The maximum atomic E-state index is 12.3. The van der Waals surface area contributed by atoms with E-state index in [0.29, 0.717) is 21.0 Å². The van der Waals surface area contributed by atoms with Crippen LogP contribution in [0.1, 0.15) is 38.5 Å². The number of nitrogens with one attached hydrogen (secondary N) is 1. The molecule has 0 amide bonds. The van der Waals surface area contributed by atoms with E-state index in [0.717, 1.165) is 56.4 Å². The zero-order valence-electron chi connectivity index (χ0n) is 18.0. The Hall–Kier alpha value is -2.73. The van der Waals surface area contributed by atoms with Gasteiger partial charge in [-0.3, -0.25) is 5.10 Å². The lowest BCUT2D eigenvalue weighted by atomic mass is 10.1. The van der Waals surface area contributed by atoms with Crippen molar-refractivity contribution in [2.75, 3.05) is 21.1 Å². The van der Waals surface area contributed by atoms with Gasteiger partial charge in [-0.25, -0.2) is 21.8 Å². The van der Waals surface area contributed by atoms with E-state index >= 15 is 0 Å². The minimum Gasteiger partial charge on any atom is -0.307 e. The van der Waals surface area contributed by atoms with Crippen molar-refractivity contribution < 1.29 is 16.8 Å². The van der Waals surface area contributed by atoms with E-state index in [2.05, 4.69) is 20.2 Å². The van der Waals surface area contributed by atoms with Gasteiger partial charge in [0.2, 0.25) is 26.0 Å². The van der Waals surface area contributed by atoms with Crippen LogP contribution in [-0.2, 0) is 20.0 Å². The number of hydrogen-bond donors (Lipinski definition) is 1. The fourth-order valence-electron chi connectivity index (χ4n) is 4.24. The van der Waals surface area contributed by atoms with Crippen molar-refractivity contribution in [1.82, 2.24) is 20.2 Å². The van der Waals surface area contributed by atoms with Crippen LogP contribution in [0, 0.1) is 0 Å². The molecule has 172 valence electrons. The van der Waals surface area contributed by atoms with Crippen LogP contribution in [-0.4, -0.2) is 55.6 Å². The number of benzene rings is 1. The van der Waals surface area contributed by atoms with Crippen molar-refractivity contribution in [3.8, 4) is 0 Å². The predicted molar refractivity (Wildman–Crippen MR) is 124 cm³/mol. The average molecular weight is 479 g/mol. The van der Waals surface area contributed by atoms with Crippen LogP contribution in [0.2, 0.25) is 0 Å². The molecule has 10 nitrogen and oxygen atoms in total. The number of aromatic amines is 1. The maximum absolute atomic E-state index is 12.3. The van der Waals surface area contributed by atoms with Gasteiger partial charge in [-0.1, -0.05) is 31.7 Å². The van der Waals surface area contributed by atoms with Gasteiger partial charge in [0.25, 0.3) is 0 Å². The fraction of sp³-hybridized carbons (Fsp3) is 0.450. The summed E-state index contributed by atoms with van der Waals surface area (Å²) in [4.78, 5) is 11.2. The number of rotatable bonds is 6. The number of anilines is 3. The fourth-order valence-corrected chi connectivity index (χ4v) is 7.20. The molecule has 0 atom stereocenters. The van der Waals surface area contributed by atoms with Gasteiger partial charge in [0, 0.05) is 17.9 Å². The molecule has 2 heterocycles. The summed E-state index contributed by atoms with van der Waals surface area (Å²) < 4.78 is 49.6.